The molecule has 1 aromatic rings. The van der Waals surface area contributed by atoms with E-state index in [1.165, 1.54) is 0 Å². The minimum atomic E-state index is -0.517. The lowest BCUT2D eigenvalue weighted by Gasteiger charge is -2.21. The van der Waals surface area contributed by atoms with E-state index in [9.17, 15) is 5.11 Å². The first-order valence-electron chi connectivity index (χ1n) is 7.28. The lowest BCUT2D eigenvalue weighted by Crippen LogP contribution is -2.32. The molecule has 21 heavy (non-hydrogen) atoms. The van der Waals surface area contributed by atoms with Crippen LogP contribution in [0.2, 0.25) is 5.02 Å². The van der Waals surface area contributed by atoms with Crippen molar-refractivity contribution in [2.75, 3.05) is 33.4 Å². The molecule has 4 nitrogen and oxygen atoms in total. The number of halogens is 1. The Hall–Kier alpha value is -0.650. The predicted octanol–water partition coefficient (Wildman–Crippen LogP) is 2.57. The van der Waals surface area contributed by atoms with Crippen molar-refractivity contribution in [2.45, 2.75) is 32.6 Å². The van der Waals surface area contributed by atoms with Gasteiger partial charge in [-0.15, -0.1) is 0 Å². The summed E-state index contributed by atoms with van der Waals surface area (Å²) >= 11 is 6.12. The van der Waals surface area contributed by atoms with Gasteiger partial charge in [-0.05, 0) is 32.5 Å². The van der Waals surface area contributed by atoms with E-state index in [0.717, 1.165) is 10.6 Å². The van der Waals surface area contributed by atoms with Crippen molar-refractivity contribution in [3.63, 3.8) is 0 Å². The number of aliphatic hydroxyl groups is 1. The maximum atomic E-state index is 9.93. The van der Waals surface area contributed by atoms with Crippen LogP contribution in [0.5, 0.6) is 0 Å². The zero-order valence-corrected chi connectivity index (χ0v) is 13.8. The number of ether oxygens (including phenoxy) is 2. The highest BCUT2D eigenvalue weighted by atomic mass is 35.5. The van der Waals surface area contributed by atoms with Gasteiger partial charge in [-0.2, -0.15) is 0 Å². The Morgan fingerprint density at radius 2 is 1.95 bits per heavy atom. The zero-order valence-electron chi connectivity index (χ0n) is 13.1. The fraction of sp³-hybridized carbons (Fsp3) is 0.625. The van der Waals surface area contributed by atoms with E-state index in [1.54, 1.807) is 0 Å². The van der Waals surface area contributed by atoms with Crippen LogP contribution < -0.4 is 0 Å². The Balaban J connectivity index is 2.19. The average molecular weight is 316 g/mol. The highest BCUT2D eigenvalue weighted by Gasteiger charge is 2.10. The summed E-state index contributed by atoms with van der Waals surface area (Å²) < 4.78 is 10.8. The molecule has 0 aliphatic rings. The number of rotatable bonds is 10. The third-order valence-electron chi connectivity index (χ3n) is 2.91. The van der Waals surface area contributed by atoms with E-state index in [2.05, 4.69) is 0 Å². The molecule has 0 spiro atoms. The first-order chi connectivity index (χ1) is 9.99. The quantitative estimate of drug-likeness (QED) is 0.674. The molecule has 0 fully saturated rings. The molecule has 1 N–H and O–H groups in total. The monoisotopic (exact) mass is 315 g/mol. The Kier molecular flexibility index (Phi) is 8.88. The van der Waals surface area contributed by atoms with Gasteiger partial charge in [0, 0.05) is 18.1 Å². The van der Waals surface area contributed by atoms with Crippen LogP contribution in [0.3, 0.4) is 0 Å². The Labute approximate surface area is 132 Å². The Morgan fingerprint density at radius 3 is 2.62 bits per heavy atom. The minimum absolute atomic E-state index is 0.209. The molecule has 0 amide bonds. The zero-order chi connectivity index (χ0) is 15.7. The maximum Gasteiger partial charge on any atom is 0.0900 e. The summed E-state index contributed by atoms with van der Waals surface area (Å²) in [5.41, 5.74) is 1.06. The van der Waals surface area contributed by atoms with Gasteiger partial charge in [0.2, 0.25) is 0 Å². The van der Waals surface area contributed by atoms with Gasteiger partial charge < -0.3 is 14.6 Å². The second-order valence-electron chi connectivity index (χ2n) is 5.44. The second kappa shape index (κ2) is 10.1. The lowest BCUT2D eigenvalue weighted by atomic mass is 10.2. The normalized spacial score (nSPS) is 13.1. The van der Waals surface area contributed by atoms with E-state index in [0.29, 0.717) is 32.9 Å². The molecule has 1 rings (SSSR count). The molecule has 0 aliphatic heterocycles. The van der Waals surface area contributed by atoms with Gasteiger partial charge in [-0.1, -0.05) is 29.8 Å². The summed E-state index contributed by atoms with van der Waals surface area (Å²) in [7, 11) is 1.95. The summed E-state index contributed by atoms with van der Waals surface area (Å²) in [6.07, 6.45) is -0.309. The largest absolute Gasteiger partial charge is 0.389 e. The van der Waals surface area contributed by atoms with Gasteiger partial charge in [-0.3, -0.25) is 4.90 Å². The van der Waals surface area contributed by atoms with E-state index >= 15 is 0 Å². The molecule has 0 aromatic heterocycles. The van der Waals surface area contributed by atoms with Crippen LogP contribution in [0.1, 0.15) is 19.4 Å². The number of benzene rings is 1. The molecule has 1 aromatic carbocycles. The van der Waals surface area contributed by atoms with Crippen LogP contribution in [-0.2, 0) is 16.0 Å². The molecule has 0 radical (unpaired) electrons. The van der Waals surface area contributed by atoms with Gasteiger partial charge in [0.15, 0.2) is 0 Å². The van der Waals surface area contributed by atoms with Crippen LogP contribution in [0.15, 0.2) is 24.3 Å². The summed E-state index contributed by atoms with van der Waals surface area (Å²) in [6.45, 7) is 6.58. The van der Waals surface area contributed by atoms with E-state index in [1.807, 2.05) is 50.1 Å². The number of likely N-dealkylation sites (N-methyl/N-ethyl adjacent to an activating group) is 1. The van der Waals surface area contributed by atoms with Crippen molar-refractivity contribution < 1.29 is 14.6 Å². The smallest absolute Gasteiger partial charge is 0.0900 e. The molecule has 0 unspecified atom stereocenters. The van der Waals surface area contributed by atoms with Crippen LogP contribution in [0.4, 0.5) is 0 Å². The average Bonchev–Trinajstić information content (AvgIpc) is 2.40. The topological polar surface area (TPSA) is 41.9 Å². The summed E-state index contributed by atoms with van der Waals surface area (Å²) in [5, 5.41) is 10.7. The molecule has 120 valence electrons. The fourth-order valence-electron chi connectivity index (χ4n) is 1.96. The van der Waals surface area contributed by atoms with Gasteiger partial charge in [0.1, 0.15) is 0 Å². The first kappa shape index (κ1) is 18.4. The number of hydrogen-bond donors (Lipinski definition) is 1. The Bertz CT molecular complexity index is 401. The standard InChI is InChI=1S/C16H26ClNO3/c1-13(2)21-9-8-20-12-15(19)11-18(3)10-14-6-4-5-7-16(14)17/h4-7,13,15,19H,8-12H2,1-3H3/t15-/m1/s1. The number of nitrogens with zero attached hydrogens (tertiary/aromatic N) is 1. The number of hydrogen-bond acceptors (Lipinski definition) is 4. The Morgan fingerprint density at radius 1 is 1.24 bits per heavy atom. The summed E-state index contributed by atoms with van der Waals surface area (Å²) in [4.78, 5) is 2.03. The van der Waals surface area contributed by atoms with Crippen molar-refractivity contribution >= 4 is 11.6 Å². The molecule has 0 aliphatic carbocycles. The minimum Gasteiger partial charge on any atom is -0.389 e. The summed E-state index contributed by atoms with van der Waals surface area (Å²) in [5.74, 6) is 0. The molecule has 5 heteroatoms. The van der Waals surface area contributed by atoms with Crippen molar-refractivity contribution in [3.8, 4) is 0 Å². The second-order valence-corrected chi connectivity index (χ2v) is 5.84. The van der Waals surface area contributed by atoms with Crippen LogP contribution in [-0.4, -0.2) is 55.6 Å². The van der Waals surface area contributed by atoms with Gasteiger partial charge in [0.05, 0.1) is 32.0 Å². The van der Waals surface area contributed by atoms with E-state index < -0.39 is 6.10 Å². The molecule has 0 heterocycles. The van der Waals surface area contributed by atoms with Crippen LogP contribution in [0.25, 0.3) is 0 Å². The van der Waals surface area contributed by atoms with E-state index in [-0.39, 0.29) is 6.10 Å². The lowest BCUT2D eigenvalue weighted by molar-refractivity contribution is -0.0174. The molecule has 1 atom stereocenters. The summed E-state index contributed by atoms with van der Waals surface area (Å²) in [6, 6.07) is 7.74. The van der Waals surface area contributed by atoms with Crippen LogP contribution >= 0.6 is 11.6 Å². The maximum absolute atomic E-state index is 9.93. The third kappa shape index (κ3) is 8.39. The molecular formula is C16H26ClNO3. The molecular weight excluding hydrogens is 290 g/mol. The molecule has 0 saturated carbocycles. The van der Waals surface area contributed by atoms with Crippen molar-refractivity contribution in [2.24, 2.45) is 0 Å². The van der Waals surface area contributed by atoms with Crippen molar-refractivity contribution in [1.29, 1.82) is 0 Å². The molecule has 0 bridgehead atoms. The highest BCUT2D eigenvalue weighted by Crippen LogP contribution is 2.16. The van der Waals surface area contributed by atoms with Gasteiger partial charge in [0.25, 0.3) is 0 Å². The van der Waals surface area contributed by atoms with Crippen LogP contribution in [0, 0.1) is 0 Å². The fourth-order valence-corrected chi connectivity index (χ4v) is 2.15. The van der Waals surface area contributed by atoms with Crippen molar-refractivity contribution in [1.82, 2.24) is 4.90 Å². The van der Waals surface area contributed by atoms with Crippen molar-refractivity contribution in [3.05, 3.63) is 34.9 Å². The SMILES string of the molecule is CC(C)OCCOC[C@H](O)CN(C)Cc1ccccc1Cl. The van der Waals surface area contributed by atoms with Gasteiger partial charge in [-0.25, -0.2) is 0 Å². The first-order valence-corrected chi connectivity index (χ1v) is 7.66. The highest BCUT2D eigenvalue weighted by molar-refractivity contribution is 6.31. The molecule has 0 saturated heterocycles. The predicted molar refractivity (Wildman–Crippen MR) is 85.7 cm³/mol. The van der Waals surface area contributed by atoms with E-state index in [4.69, 9.17) is 21.1 Å². The number of aliphatic hydroxyl groups excluding tert-OH is 1. The van der Waals surface area contributed by atoms with Gasteiger partial charge >= 0.3 is 0 Å². The third-order valence-corrected chi connectivity index (χ3v) is 3.28.